The van der Waals surface area contributed by atoms with Crippen molar-refractivity contribution in [2.45, 2.75) is 4.90 Å². The summed E-state index contributed by atoms with van der Waals surface area (Å²) in [6.07, 6.45) is 1.79. The fraction of sp³-hybridized carbons (Fsp3) is 0.333. The van der Waals surface area contributed by atoms with Crippen LogP contribution in [-0.2, 0) is 9.84 Å². The maximum atomic E-state index is 12.4. The Morgan fingerprint density at radius 3 is 2.53 bits per heavy atom. The minimum absolute atomic E-state index is 0.438. The lowest BCUT2D eigenvalue weighted by Gasteiger charge is -2.29. The third kappa shape index (κ3) is 1.66. The summed E-state index contributed by atoms with van der Waals surface area (Å²) in [6, 6.07) is 7.16. The van der Waals surface area contributed by atoms with E-state index in [1.165, 1.54) is 0 Å². The molecule has 0 bridgehead atoms. The van der Waals surface area contributed by atoms with Gasteiger partial charge < -0.3 is 10.2 Å². The summed E-state index contributed by atoms with van der Waals surface area (Å²) in [7, 11) is -3.29. The minimum atomic E-state index is -3.29. The smallest absolute Gasteiger partial charge is 0.222 e. The predicted molar refractivity (Wildman–Crippen MR) is 66.0 cm³/mol. The highest BCUT2D eigenvalue weighted by atomic mass is 32.2. The van der Waals surface area contributed by atoms with E-state index in [2.05, 4.69) is 5.32 Å². The standard InChI is InChI=1S/C12H14N2O2S/c15-17(16)11-4-2-1-3-10(11)9-12(17)14-7-5-13-6-8-14/h1-4,9,13H,5-8H2. The molecule has 0 unspecified atom stereocenters. The molecule has 0 aliphatic carbocycles. The Bertz CT molecular complexity index is 572. The van der Waals surface area contributed by atoms with Crippen LogP contribution < -0.4 is 5.32 Å². The van der Waals surface area contributed by atoms with Crippen LogP contribution >= 0.6 is 0 Å². The van der Waals surface area contributed by atoms with E-state index in [1.807, 2.05) is 17.0 Å². The van der Waals surface area contributed by atoms with Crippen LogP contribution in [-0.4, -0.2) is 39.5 Å². The summed E-state index contributed by atoms with van der Waals surface area (Å²) < 4.78 is 24.7. The van der Waals surface area contributed by atoms with E-state index in [9.17, 15) is 8.42 Å². The van der Waals surface area contributed by atoms with Gasteiger partial charge in [0.2, 0.25) is 9.84 Å². The highest BCUT2D eigenvalue weighted by Gasteiger charge is 2.33. The normalized spacial score (nSPS) is 22.1. The molecule has 5 heteroatoms. The van der Waals surface area contributed by atoms with Crippen molar-refractivity contribution < 1.29 is 8.42 Å². The molecule has 2 aliphatic rings. The lowest BCUT2D eigenvalue weighted by atomic mass is 10.2. The van der Waals surface area contributed by atoms with Gasteiger partial charge in [0.25, 0.3) is 0 Å². The third-order valence-corrected chi connectivity index (χ3v) is 5.07. The van der Waals surface area contributed by atoms with Crippen LogP contribution in [0.5, 0.6) is 0 Å². The van der Waals surface area contributed by atoms with Crippen LogP contribution in [0.1, 0.15) is 5.56 Å². The van der Waals surface area contributed by atoms with Crippen LogP contribution in [0.15, 0.2) is 34.2 Å². The topological polar surface area (TPSA) is 49.4 Å². The quantitative estimate of drug-likeness (QED) is 0.796. The second-order valence-electron chi connectivity index (χ2n) is 4.26. The second-order valence-corrected chi connectivity index (χ2v) is 6.13. The van der Waals surface area contributed by atoms with Gasteiger partial charge in [-0.3, -0.25) is 0 Å². The number of rotatable bonds is 1. The van der Waals surface area contributed by atoms with Gasteiger partial charge in [-0.05, 0) is 17.7 Å². The summed E-state index contributed by atoms with van der Waals surface area (Å²) in [4.78, 5) is 2.39. The molecule has 1 aromatic rings. The van der Waals surface area contributed by atoms with E-state index in [-0.39, 0.29) is 0 Å². The molecule has 1 fully saturated rings. The van der Waals surface area contributed by atoms with Gasteiger partial charge in [-0.1, -0.05) is 18.2 Å². The first-order chi connectivity index (χ1) is 8.19. The number of piperazine rings is 1. The Morgan fingerprint density at radius 2 is 1.82 bits per heavy atom. The number of hydrogen-bond acceptors (Lipinski definition) is 4. The first-order valence-corrected chi connectivity index (χ1v) is 7.19. The van der Waals surface area contributed by atoms with E-state index in [0.29, 0.717) is 9.92 Å². The Kier molecular flexibility index (Phi) is 2.45. The van der Waals surface area contributed by atoms with E-state index in [0.717, 1.165) is 31.7 Å². The zero-order chi connectivity index (χ0) is 11.9. The highest BCUT2D eigenvalue weighted by molar-refractivity contribution is 7.95. The number of benzene rings is 1. The lowest BCUT2D eigenvalue weighted by Crippen LogP contribution is -2.43. The monoisotopic (exact) mass is 250 g/mol. The molecule has 90 valence electrons. The first-order valence-electron chi connectivity index (χ1n) is 5.71. The van der Waals surface area contributed by atoms with Gasteiger partial charge in [-0.15, -0.1) is 0 Å². The van der Waals surface area contributed by atoms with Crippen LogP contribution in [0, 0.1) is 0 Å². The predicted octanol–water partition coefficient (Wildman–Crippen LogP) is 0.677. The molecule has 1 aromatic carbocycles. The zero-order valence-corrected chi connectivity index (χ0v) is 10.2. The molecule has 1 saturated heterocycles. The maximum absolute atomic E-state index is 12.4. The van der Waals surface area contributed by atoms with E-state index in [4.69, 9.17) is 0 Å². The van der Waals surface area contributed by atoms with Crippen molar-refractivity contribution in [1.82, 2.24) is 10.2 Å². The summed E-state index contributed by atoms with van der Waals surface area (Å²) in [5, 5.41) is 3.68. The zero-order valence-electron chi connectivity index (χ0n) is 9.39. The highest BCUT2D eigenvalue weighted by Crippen LogP contribution is 2.34. The van der Waals surface area contributed by atoms with Crippen molar-refractivity contribution in [3.8, 4) is 0 Å². The van der Waals surface area contributed by atoms with Gasteiger partial charge in [0.15, 0.2) is 0 Å². The van der Waals surface area contributed by atoms with E-state index < -0.39 is 9.84 Å². The van der Waals surface area contributed by atoms with Gasteiger partial charge in [0, 0.05) is 26.2 Å². The summed E-state index contributed by atoms with van der Waals surface area (Å²) >= 11 is 0. The third-order valence-electron chi connectivity index (χ3n) is 3.19. The number of nitrogens with zero attached hydrogens (tertiary/aromatic N) is 1. The number of nitrogens with one attached hydrogen (secondary N) is 1. The van der Waals surface area contributed by atoms with Crippen LogP contribution in [0.3, 0.4) is 0 Å². The van der Waals surface area contributed by atoms with E-state index in [1.54, 1.807) is 18.2 Å². The van der Waals surface area contributed by atoms with E-state index >= 15 is 0 Å². The summed E-state index contributed by atoms with van der Waals surface area (Å²) in [6.45, 7) is 3.17. The molecule has 0 amide bonds. The van der Waals surface area contributed by atoms with Crippen LogP contribution in [0.2, 0.25) is 0 Å². The SMILES string of the molecule is O=S1(=O)C(N2CCNCC2)=Cc2ccccc21. The molecule has 0 radical (unpaired) electrons. The van der Waals surface area contributed by atoms with Crippen molar-refractivity contribution >= 4 is 15.9 Å². The second kappa shape index (κ2) is 3.85. The Hall–Kier alpha value is -1.33. The molecule has 2 heterocycles. The molecule has 0 spiro atoms. The van der Waals surface area contributed by atoms with Crippen molar-refractivity contribution in [2.24, 2.45) is 0 Å². The molecule has 1 N–H and O–H groups in total. The van der Waals surface area contributed by atoms with Crippen LogP contribution in [0.4, 0.5) is 0 Å². The lowest BCUT2D eigenvalue weighted by molar-refractivity contribution is 0.315. The Balaban J connectivity index is 2.04. The molecule has 2 aliphatic heterocycles. The summed E-state index contributed by atoms with van der Waals surface area (Å²) in [5.74, 6) is 0. The van der Waals surface area contributed by atoms with Crippen molar-refractivity contribution in [3.63, 3.8) is 0 Å². The maximum Gasteiger partial charge on any atom is 0.222 e. The molecule has 17 heavy (non-hydrogen) atoms. The van der Waals surface area contributed by atoms with Crippen molar-refractivity contribution in [1.29, 1.82) is 0 Å². The summed E-state index contributed by atoms with van der Waals surface area (Å²) in [5.41, 5.74) is 0.807. The number of sulfone groups is 1. The van der Waals surface area contributed by atoms with Gasteiger partial charge in [0.05, 0.1) is 4.90 Å². The largest absolute Gasteiger partial charge is 0.359 e. The van der Waals surface area contributed by atoms with Crippen molar-refractivity contribution in [2.75, 3.05) is 26.2 Å². The average Bonchev–Trinajstić information content (AvgIpc) is 2.63. The molecule has 0 atom stereocenters. The van der Waals surface area contributed by atoms with Gasteiger partial charge in [-0.2, -0.15) is 0 Å². The van der Waals surface area contributed by atoms with Gasteiger partial charge in [-0.25, -0.2) is 8.42 Å². The molecule has 0 aromatic heterocycles. The molecule has 0 saturated carbocycles. The number of fused-ring (bicyclic) bond motifs is 1. The average molecular weight is 250 g/mol. The van der Waals surface area contributed by atoms with Crippen molar-refractivity contribution in [3.05, 3.63) is 34.9 Å². The molecular weight excluding hydrogens is 236 g/mol. The Labute approximate surface area is 101 Å². The molecule has 4 nitrogen and oxygen atoms in total. The number of hydrogen-bond donors (Lipinski definition) is 1. The Morgan fingerprint density at radius 1 is 1.12 bits per heavy atom. The van der Waals surface area contributed by atoms with Gasteiger partial charge >= 0.3 is 0 Å². The van der Waals surface area contributed by atoms with Gasteiger partial charge in [0.1, 0.15) is 5.03 Å². The minimum Gasteiger partial charge on any atom is -0.359 e. The fourth-order valence-electron chi connectivity index (χ4n) is 2.31. The van der Waals surface area contributed by atoms with Crippen LogP contribution in [0.25, 0.3) is 6.08 Å². The fourth-order valence-corrected chi connectivity index (χ4v) is 4.04. The molecule has 3 rings (SSSR count). The molecular formula is C12H14N2O2S. The first kappa shape index (κ1) is 10.8.